The van der Waals surface area contributed by atoms with Gasteiger partial charge < -0.3 is 15.0 Å². The van der Waals surface area contributed by atoms with Crippen LogP contribution in [0.15, 0.2) is 17.5 Å². The van der Waals surface area contributed by atoms with Crippen LogP contribution in [0.5, 0.6) is 0 Å². The Bertz CT molecular complexity index is 587. The van der Waals surface area contributed by atoms with E-state index in [1.54, 1.807) is 23.2 Å². The van der Waals surface area contributed by atoms with Crippen molar-refractivity contribution in [2.75, 3.05) is 39.3 Å². The Morgan fingerprint density at radius 3 is 2.81 bits per heavy atom. The summed E-state index contributed by atoms with van der Waals surface area (Å²) in [5.41, 5.74) is 0. The van der Waals surface area contributed by atoms with E-state index in [4.69, 9.17) is 4.74 Å². The van der Waals surface area contributed by atoms with Crippen molar-refractivity contribution >= 4 is 23.3 Å². The fraction of sp³-hybridized carbons (Fsp3) is 0.684. The third-order valence-electron chi connectivity index (χ3n) is 5.24. The molecule has 0 bridgehead atoms. The average Bonchev–Trinajstić information content (AvgIpc) is 3.36. The summed E-state index contributed by atoms with van der Waals surface area (Å²) in [5.74, 6) is -0.0875. The normalized spacial score (nSPS) is 22.2. The van der Waals surface area contributed by atoms with Gasteiger partial charge in [-0.15, -0.1) is 11.3 Å². The average molecular weight is 380 g/mol. The van der Waals surface area contributed by atoms with E-state index in [-0.39, 0.29) is 24.0 Å². The van der Waals surface area contributed by atoms with Gasteiger partial charge in [-0.2, -0.15) is 0 Å². The lowest BCUT2D eigenvalue weighted by Crippen LogP contribution is -2.47. The first-order valence-electron chi connectivity index (χ1n) is 9.66. The molecule has 2 saturated heterocycles. The topological polar surface area (TPSA) is 61.9 Å². The highest BCUT2D eigenvalue weighted by molar-refractivity contribution is 7.10. The summed E-state index contributed by atoms with van der Waals surface area (Å²) in [6, 6.07) is 4.48. The van der Waals surface area contributed by atoms with Gasteiger partial charge in [-0.1, -0.05) is 6.07 Å². The Labute approximate surface area is 159 Å². The number of hydrogen-bond acceptors (Lipinski definition) is 5. The maximum Gasteiger partial charge on any atom is 0.409 e. The lowest BCUT2D eigenvalue weighted by Gasteiger charge is -2.32. The van der Waals surface area contributed by atoms with E-state index < -0.39 is 0 Å². The van der Waals surface area contributed by atoms with Gasteiger partial charge in [0.05, 0.1) is 18.6 Å². The number of thiophene rings is 1. The molecule has 1 aromatic heterocycles. The first-order chi connectivity index (χ1) is 12.7. The van der Waals surface area contributed by atoms with E-state index >= 15 is 0 Å². The number of nitrogens with one attached hydrogen (secondary N) is 1. The Hall–Kier alpha value is -1.60. The van der Waals surface area contributed by atoms with Crippen molar-refractivity contribution in [1.29, 1.82) is 0 Å². The molecule has 2 aliphatic heterocycles. The zero-order valence-corrected chi connectivity index (χ0v) is 16.3. The molecule has 2 aliphatic rings. The van der Waals surface area contributed by atoms with Gasteiger partial charge in [0.1, 0.15) is 0 Å². The number of ether oxygens (including phenoxy) is 1. The Kier molecular flexibility index (Phi) is 6.91. The number of hydrogen-bond donors (Lipinski definition) is 1. The van der Waals surface area contributed by atoms with Gasteiger partial charge in [0.25, 0.3) is 0 Å². The van der Waals surface area contributed by atoms with Crippen molar-refractivity contribution in [3.8, 4) is 0 Å². The van der Waals surface area contributed by atoms with Crippen LogP contribution in [-0.2, 0) is 9.53 Å². The van der Waals surface area contributed by atoms with Crippen LogP contribution in [0.25, 0.3) is 0 Å². The lowest BCUT2D eigenvalue weighted by molar-refractivity contribution is -0.126. The second-order valence-electron chi connectivity index (χ2n) is 7.00. The fourth-order valence-electron chi connectivity index (χ4n) is 3.86. The van der Waals surface area contributed by atoms with Crippen molar-refractivity contribution in [1.82, 2.24) is 15.1 Å². The van der Waals surface area contributed by atoms with Crippen LogP contribution >= 0.6 is 11.3 Å². The van der Waals surface area contributed by atoms with Crippen LogP contribution in [-0.4, -0.2) is 61.1 Å². The molecule has 2 atom stereocenters. The van der Waals surface area contributed by atoms with Crippen LogP contribution in [0.3, 0.4) is 0 Å². The van der Waals surface area contributed by atoms with E-state index in [0.29, 0.717) is 26.2 Å². The predicted molar refractivity (Wildman–Crippen MR) is 102 cm³/mol. The summed E-state index contributed by atoms with van der Waals surface area (Å²) in [4.78, 5) is 30.1. The second kappa shape index (κ2) is 9.37. The molecule has 26 heavy (non-hydrogen) atoms. The highest BCUT2D eigenvalue weighted by Crippen LogP contribution is 2.28. The van der Waals surface area contributed by atoms with Gasteiger partial charge in [0.15, 0.2) is 0 Å². The molecule has 2 amide bonds. The molecule has 0 spiro atoms. The zero-order valence-electron chi connectivity index (χ0n) is 15.5. The number of carbonyl (C=O) groups is 2. The standard InChI is InChI=1S/C19H29N3O3S/c1-2-25-19(24)22-11-5-7-15(14-22)18(23)20-13-16(17-8-6-12-26-17)21-9-3-4-10-21/h6,8,12,15-16H,2-5,7,9-11,13-14H2,1H3,(H,20,23). The van der Waals surface area contributed by atoms with Crippen LogP contribution in [0, 0.1) is 5.92 Å². The quantitative estimate of drug-likeness (QED) is 0.826. The molecule has 3 rings (SSSR count). The van der Waals surface area contributed by atoms with Crippen LogP contribution in [0.2, 0.25) is 0 Å². The van der Waals surface area contributed by atoms with Gasteiger partial charge in [-0.05, 0) is 57.1 Å². The number of amides is 2. The van der Waals surface area contributed by atoms with Crippen molar-refractivity contribution in [2.45, 2.75) is 38.6 Å². The highest BCUT2D eigenvalue weighted by atomic mass is 32.1. The van der Waals surface area contributed by atoms with E-state index in [9.17, 15) is 9.59 Å². The van der Waals surface area contributed by atoms with E-state index in [0.717, 1.165) is 25.9 Å². The van der Waals surface area contributed by atoms with Gasteiger partial charge in [-0.3, -0.25) is 9.69 Å². The van der Waals surface area contributed by atoms with Gasteiger partial charge in [0.2, 0.25) is 5.91 Å². The minimum absolute atomic E-state index is 0.0553. The molecule has 0 saturated carbocycles. The van der Waals surface area contributed by atoms with Crippen LogP contribution in [0.1, 0.15) is 43.5 Å². The maximum atomic E-state index is 12.7. The third-order valence-corrected chi connectivity index (χ3v) is 6.21. The number of carbonyl (C=O) groups excluding carboxylic acids is 2. The molecular formula is C19H29N3O3S. The van der Waals surface area contributed by atoms with Gasteiger partial charge in [0, 0.05) is 24.5 Å². The molecule has 144 valence electrons. The minimum Gasteiger partial charge on any atom is -0.450 e. The summed E-state index contributed by atoms with van der Waals surface area (Å²) in [7, 11) is 0. The number of likely N-dealkylation sites (tertiary alicyclic amines) is 2. The first kappa shape index (κ1) is 19.2. The molecule has 7 heteroatoms. The molecular weight excluding hydrogens is 350 g/mol. The first-order valence-corrected chi connectivity index (χ1v) is 10.5. The van der Waals surface area contributed by atoms with Gasteiger partial charge in [-0.25, -0.2) is 4.79 Å². The van der Waals surface area contributed by atoms with Crippen molar-refractivity contribution in [3.05, 3.63) is 22.4 Å². The second-order valence-corrected chi connectivity index (χ2v) is 7.98. The summed E-state index contributed by atoms with van der Waals surface area (Å²) < 4.78 is 5.07. The Morgan fingerprint density at radius 1 is 1.31 bits per heavy atom. The SMILES string of the molecule is CCOC(=O)N1CCCC(C(=O)NCC(c2cccs2)N2CCCC2)C1. The van der Waals surface area contributed by atoms with Crippen molar-refractivity contribution in [3.63, 3.8) is 0 Å². The Morgan fingerprint density at radius 2 is 2.12 bits per heavy atom. The van der Waals surface area contributed by atoms with Crippen LogP contribution < -0.4 is 5.32 Å². The third kappa shape index (κ3) is 4.76. The highest BCUT2D eigenvalue weighted by Gasteiger charge is 2.30. The molecule has 1 aromatic rings. The van der Waals surface area contributed by atoms with E-state index in [2.05, 4.69) is 27.7 Å². The molecule has 6 nitrogen and oxygen atoms in total. The Balaban J connectivity index is 1.55. The van der Waals surface area contributed by atoms with Crippen molar-refractivity contribution < 1.29 is 14.3 Å². The predicted octanol–water partition coefficient (Wildman–Crippen LogP) is 2.87. The zero-order chi connectivity index (χ0) is 18.4. The van der Waals surface area contributed by atoms with Gasteiger partial charge >= 0.3 is 6.09 Å². The summed E-state index contributed by atoms with van der Waals surface area (Å²) in [6.45, 7) is 6.12. The smallest absolute Gasteiger partial charge is 0.409 e. The maximum absolute atomic E-state index is 12.7. The summed E-state index contributed by atoms with van der Waals surface area (Å²) in [5, 5.41) is 5.25. The lowest BCUT2D eigenvalue weighted by atomic mass is 9.97. The largest absolute Gasteiger partial charge is 0.450 e. The van der Waals surface area contributed by atoms with Crippen LogP contribution in [0.4, 0.5) is 4.79 Å². The molecule has 0 aliphatic carbocycles. The number of piperidine rings is 1. The molecule has 2 unspecified atom stereocenters. The monoisotopic (exact) mass is 379 g/mol. The minimum atomic E-state index is -0.307. The van der Waals surface area contributed by atoms with E-state index in [1.807, 2.05) is 0 Å². The van der Waals surface area contributed by atoms with Crippen molar-refractivity contribution in [2.24, 2.45) is 5.92 Å². The molecule has 0 radical (unpaired) electrons. The number of nitrogens with zero attached hydrogens (tertiary/aromatic N) is 2. The molecule has 3 heterocycles. The fourth-order valence-corrected chi connectivity index (χ4v) is 4.72. The molecule has 2 fully saturated rings. The summed E-state index contributed by atoms with van der Waals surface area (Å²) in [6.07, 6.45) is 3.82. The molecule has 1 N–H and O–H groups in total. The van der Waals surface area contributed by atoms with E-state index in [1.165, 1.54) is 17.7 Å². The number of rotatable bonds is 6. The summed E-state index contributed by atoms with van der Waals surface area (Å²) >= 11 is 1.75. The molecule has 0 aromatic carbocycles.